The Morgan fingerprint density at radius 2 is 1.29 bits per heavy atom. The molecule has 0 bridgehead atoms. The van der Waals surface area contributed by atoms with Crippen LogP contribution >= 0.6 is 0 Å². The smallest absolute Gasteiger partial charge is 0.339 e. The third-order valence-corrected chi connectivity index (χ3v) is 5.31. The molecule has 0 heterocycles. The summed E-state index contributed by atoms with van der Waals surface area (Å²) in [6.07, 6.45) is 12.9. The average molecular weight is 433 g/mol. The summed E-state index contributed by atoms with van der Waals surface area (Å²) in [4.78, 5) is 25.1. The van der Waals surface area contributed by atoms with E-state index in [4.69, 9.17) is 9.47 Å². The van der Waals surface area contributed by atoms with Crippen LogP contribution in [0.25, 0.3) is 0 Å². The highest BCUT2D eigenvalue weighted by molar-refractivity contribution is 6.03. The molecule has 1 rings (SSSR count). The van der Waals surface area contributed by atoms with Gasteiger partial charge in [-0.2, -0.15) is 0 Å². The van der Waals surface area contributed by atoms with Gasteiger partial charge in [-0.3, -0.25) is 0 Å². The highest BCUT2D eigenvalue weighted by Gasteiger charge is 2.23. The summed E-state index contributed by atoms with van der Waals surface area (Å²) < 4.78 is 11.0. The SMILES string of the molecule is CCCCCCCCCCCCOC(=O)c1ccccc1C(=O)OC(C)CC(C)(C)C. The monoisotopic (exact) mass is 432 g/mol. The van der Waals surface area contributed by atoms with E-state index in [1.54, 1.807) is 24.3 Å². The molecule has 4 heteroatoms. The fourth-order valence-electron chi connectivity index (χ4n) is 3.82. The van der Waals surface area contributed by atoms with Crippen molar-refractivity contribution in [2.24, 2.45) is 5.41 Å². The highest BCUT2D eigenvalue weighted by Crippen LogP contribution is 2.23. The zero-order chi connectivity index (χ0) is 23.1. The number of esters is 2. The first kappa shape index (κ1) is 27.2. The summed E-state index contributed by atoms with van der Waals surface area (Å²) in [5, 5.41) is 0. The van der Waals surface area contributed by atoms with E-state index in [9.17, 15) is 9.59 Å². The van der Waals surface area contributed by atoms with Crippen LogP contribution in [-0.2, 0) is 9.47 Å². The van der Waals surface area contributed by atoms with Gasteiger partial charge in [0, 0.05) is 0 Å². The number of hydrogen-bond donors (Lipinski definition) is 0. The number of benzene rings is 1. The van der Waals surface area contributed by atoms with Gasteiger partial charge in [0.05, 0.1) is 23.8 Å². The van der Waals surface area contributed by atoms with Crippen molar-refractivity contribution in [3.63, 3.8) is 0 Å². The first-order valence-electron chi connectivity index (χ1n) is 12.2. The molecular formula is C27H44O4. The quantitative estimate of drug-likeness (QED) is 0.210. The van der Waals surface area contributed by atoms with Crippen LogP contribution in [-0.4, -0.2) is 24.6 Å². The zero-order valence-electron chi connectivity index (χ0n) is 20.5. The molecule has 1 aromatic carbocycles. The number of ether oxygens (including phenoxy) is 2. The van der Waals surface area contributed by atoms with Crippen molar-refractivity contribution in [2.45, 2.75) is 111 Å². The summed E-state index contributed by atoms with van der Waals surface area (Å²) in [6.45, 7) is 10.8. The van der Waals surface area contributed by atoms with Gasteiger partial charge >= 0.3 is 11.9 Å². The van der Waals surface area contributed by atoms with E-state index >= 15 is 0 Å². The van der Waals surface area contributed by atoms with Gasteiger partial charge in [0.2, 0.25) is 0 Å². The first-order chi connectivity index (χ1) is 14.7. The lowest BCUT2D eigenvalue weighted by atomic mass is 9.90. The first-order valence-corrected chi connectivity index (χ1v) is 12.2. The topological polar surface area (TPSA) is 52.6 Å². The summed E-state index contributed by atoms with van der Waals surface area (Å²) in [5.41, 5.74) is 0.617. The molecule has 31 heavy (non-hydrogen) atoms. The van der Waals surface area contributed by atoms with Crippen LogP contribution in [0.2, 0.25) is 0 Å². The number of hydrogen-bond acceptors (Lipinski definition) is 4. The standard InChI is InChI=1S/C27H44O4/c1-6-7-8-9-10-11-12-13-14-17-20-30-25(28)23-18-15-16-19-24(23)26(29)31-22(2)21-27(3,4)5/h15-16,18-19,22H,6-14,17,20-21H2,1-5H3. The Balaban J connectivity index is 2.35. The van der Waals surface area contributed by atoms with Gasteiger partial charge < -0.3 is 9.47 Å². The van der Waals surface area contributed by atoms with E-state index in [1.807, 2.05) is 6.92 Å². The van der Waals surface area contributed by atoms with E-state index in [0.717, 1.165) is 19.3 Å². The molecule has 0 N–H and O–H groups in total. The Labute approximate surface area is 190 Å². The van der Waals surface area contributed by atoms with Crippen molar-refractivity contribution in [1.82, 2.24) is 0 Å². The fourth-order valence-corrected chi connectivity index (χ4v) is 3.82. The third kappa shape index (κ3) is 12.6. The second-order valence-electron chi connectivity index (χ2n) is 9.84. The van der Waals surface area contributed by atoms with Gasteiger partial charge in [0.25, 0.3) is 0 Å². The predicted molar refractivity (Wildman–Crippen MR) is 128 cm³/mol. The summed E-state index contributed by atoms with van der Waals surface area (Å²) in [5.74, 6) is -0.921. The molecule has 0 spiro atoms. The van der Waals surface area contributed by atoms with Gasteiger partial charge in [0.15, 0.2) is 0 Å². The molecule has 0 aliphatic heterocycles. The van der Waals surface area contributed by atoms with E-state index in [2.05, 4.69) is 27.7 Å². The van der Waals surface area contributed by atoms with E-state index in [-0.39, 0.29) is 22.6 Å². The van der Waals surface area contributed by atoms with Crippen LogP contribution in [0.5, 0.6) is 0 Å². The van der Waals surface area contributed by atoms with Gasteiger partial charge in [-0.25, -0.2) is 9.59 Å². The molecule has 0 aliphatic carbocycles. The number of carbonyl (C=O) groups excluding carboxylic acids is 2. The second-order valence-corrected chi connectivity index (χ2v) is 9.84. The Morgan fingerprint density at radius 3 is 1.81 bits per heavy atom. The lowest BCUT2D eigenvalue weighted by Gasteiger charge is -2.23. The van der Waals surface area contributed by atoms with Crippen LogP contribution in [0.15, 0.2) is 24.3 Å². The summed E-state index contributed by atoms with van der Waals surface area (Å²) >= 11 is 0. The van der Waals surface area contributed by atoms with Gasteiger partial charge in [-0.1, -0.05) is 97.6 Å². The molecule has 0 saturated carbocycles. The van der Waals surface area contributed by atoms with Crippen LogP contribution in [0, 0.1) is 5.41 Å². The molecule has 1 aromatic rings. The molecule has 0 amide bonds. The Kier molecular flexibility index (Phi) is 13.2. The van der Waals surface area contributed by atoms with Gasteiger partial charge in [-0.05, 0) is 37.3 Å². The molecule has 0 aromatic heterocycles. The normalized spacial score (nSPS) is 12.4. The van der Waals surface area contributed by atoms with Crippen molar-refractivity contribution in [2.75, 3.05) is 6.61 Å². The van der Waals surface area contributed by atoms with E-state index in [1.165, 1.54) is 51.4 Å². The maximum atomic E-state index is 12.6. The number of carbonyl (C=O) groups is 2. The number of rotatable bonds is 15. The van der Waals surface area contributed by atoms with Crippen molar-refractivity contribution < 1.29 is 19.1 Å². The van der Waals surface area contributed by atoms with E-state index in [0.29, 0.717) is 6.61 Å². The largest absolute Gasteiger partial charge is 0.462 e. The highest BCUT2D eigenvalue weighted by atomic mass is 16.5. The van der Waals surface area contributed by atoms with Crippen molar-refractivity contribution in [3.8, 4) is 0 Å². The minimum Gasteiger partial charge on any atom is -0.462 e. The van der Waals surface area contributed by atoms with Crippen LogP contribution in [0.4, 0.5) is 0 Å². The van der Waals surface area contributed by atoms with Crippen LogP contribution < -0.4 is 0 Å². The van der Waals surface area contributed by atoms with Crippen molar-refractivity contribution in [3.05, 3.63) is 35.4 Å². The van der Waals surface area contributed by atoms with Crippen molar-refractivity contribution in [1.29, 1.82) is 0 Å². The Morgan fingerprint density at radius 1 is 0.806 bits per heavy atom. The summed E-state index contributed by atoms with van der Waals surface area (Å²) in [6, 6.07) is 6.74. The molecule has 0 aliphatic rings. The lowest BCUT2D eigenvalue weighted by molar-refractivity contribution is 0.0244. The molecule has 0 fully saturated rings. The Bertz CT molecular complexity index is 645. The molecule has 1 atom stereocenters. The zero-order valence-corrected chi connectivity index (χ0v) is 20.5. The van der Waals surface area contributed by atoms with Crippen LogP contribution in [0.1, 0.15) is 126 Å². The lowest BCUT2D eigenvalue weighted by Crippen LogP contribution is -2.23. The second kappa shape index (κ2) is 15.0. The maximum absolute atomic E-state index is 12.6. The minimum absolute atomic E-state index is 0.0627. The van der Waals surface area contributed by atoms with Crippen molar-refractivity contribution >= 4 is 11.9 Å². The molecule has 4 nitrogen and oxygen atoms in total. The molecule has 0 saturated heterocycles. The molecule has 176 valence electrons. The van der Waals surface area contributed by atoms with Gasteiger partial charge in [0.1, 0.15) is 0 Å². The average Bonchev–Trinajstić information content (AvgIpc) is 2.70. The summed E-state index contributed by atoms with van der Waals surface area (Å²) in [7, 11) is 0. The Hall–Kier alpha value is -1.84. The van der Waals surface area contributed by atoms with Crippen LogP contribution in [0.3, 0.4) is 0 Å². The minimum atomic E-state index is -0.469. The predicted octanol–water partition coefficient (Wildman–Crippen LogP) is 7.75. The molecular weight excluding hydrogens is 388 g/mol. The van der Waals surface area contributed by atoms with Gasteiger partial charge in [-0.15, -0.1) is 0 Å². The van der Waals surface area contributed by atoms with E-state index < -0.39 is 11.9 Å². The molecule has 0 radical (unpaired) electrons. The molecule has 1 unspecified atom stereocenters. The number of unbranched alkanes of at least 4 members (excludes halogenated alkanes) is 9. The fraction of sp³-hybridized carbons (Fsp3) is 0.704. The third-order valence-electron chi connectivity index (χ3n) is 5.31. The maximum Gasteiger partial charge on any atom is 0.339 e.